The van der Waals surface area contributed by atoms with Crippen molar-refractivity contribution in [3.05, 3.63) is 51.6 Å². The molecule has 2 aliphatic rings. The highest BCUT2D eigenvalue weighted by molar-refractivity contribution is 5.94. The van der Waals surface area contributed by atoms with Crippen molar-refractivity contribution in [1.29, 1.82) is 0 Å². The second-order valence-corrected chi connectivity index (χ2v) is 6.11. The van der Waals surface area contributed by atoms with Crippen LogP contribution in [0, 0.1) is 5.82 Å². The van der Waals surface area contributed by atoms with Crippen molar-refractivity contribution in [2.24, 2.45) is 0 Å². The van der Waals surface area contributed by atoms with Crippen molar-refractivity contribution < 1.29 is 13.9 Å². The Kier molecular flexibility index (Phi) is 3.96. The van der Waals surface area contributed by atoms with Crippen molar-refractivity contribution in [1.82, 2.24) is 9.97 Å². The highest BCUT2D eigenvalue weighted by atomic mass is 19.1. The molecular weight excluding hydrogens is 327 g/mol. The summed E-state index contributed by atoms with van der Waals surface area (Å²) in [4.78, 5) is 33.9. The number of aromatic amines is 1. The third kappa shape index (κ3) is 3.00. The van der Waals surface area contributed by atoms with Crippen molar-refractivity contribution in [3.63, 3.8) is 0 Å². The predicted octanol–water partition coefficient (Wildman–Crippen LogP) is 1.22. The zero-order valence-electron chi connectivity index (χ0n) is 13.4. The molecule has 7 nitrogen and oxygen atoms in total. The molecule has 2 aliphatic heterocycles. The van der Waals surface area contributed by atoms with E-state index in [0.717, 1.165) is 0 Å². The molecule has 0 saturated carbocycles. The molecule has 1 saturated heterocycles. The Bertz CT molecular complexity index is 876. The van der Waals surface area contributed by atoms with Gasteiger partial charge in [-0.05, 0) is 17.7 Å². The quantitative estimate of drug-likeness (QED) is 0.855. The van der Waals surface area contributed by atoms with E-state index >= 15 is 0 Å². The van der Waals surface area contributed by atoms with E-state index in [1.54, 1.807) is 12.1 Å². The highest BCUT2D eigenvalue weighted by Crippen LogP contribution is 2.34. The molecule has 1 amide bonds. The van der Waals surface area contributed by atoms with Crippen LogP contribution < -0.4 is 15.8 Å². The standard InChI is InChI=1S/C17H17FN4O3/c18-11-3-1-2-10(8-11)12-9-13(23)19-15-14(12)16(24)21-17(20-15)22-4-6-25-7-5-22/h1-3,8,12H,4-7,9H2,(H2,19,20,21,23,24). The minimum atomic E-state index is -0.519. The summed E-state index contributed by atoms with van der Waals surface area (Å²) < 4.78 is 18.9. The summed E-state index contributed by atoms with van der Waals surface area (Å²) in [6, 6.07) is 5.96. The first-order valence-corrected chi connectivity index (χ1v) is 8.14. The van der Waals surface area contributed by atoms with E-state index in [9.17, 15) is 14.0 Å². The second kappa shape index (κ2) is 6.29. The van der Waals surface area contributed by atoms with Gasteiger partial charge in [-0.2, -0.15) is 4.98 Å². The number of H-pyrrole nitrogens is 1. The maximum atomic E-state index is 13.6. The Morgan fingerprint density at radius 1 is 1.24 bits per heavy atom. The molecule has 1 aromatic carbocycles. The lowest BCUT2D eigenvalue weighted by Crippen LogP contribution is -2.40. The van der Waals surface area contributed by atoms with E-state index in [0.29, 0.717) is 43.4 Å². The summed E-state index contributed by atoms with van der Waals surface area (Å²) in [5, 5.41) is 2.67. The first-order valence-electron chi connectivity index (χ1n) is 8.14. The Labute approximate surface area is 142 Å². The predicted molar refractivity (Wildman–Crippen MR) is 89.4 cm³/mol. The van der Waals surface area contributed by atoms with Gasteiger partial charge in [0.1, 0.15) is 11.6 Å². The largest absolute Gasteiger partial charge is 0.378 e. The molecule has 1 atom stereocenters. The third-order valence-corrected chi connectivity index (χ3v) is 4.50. The van der Waals surface area contributed by atoms with Gasteiger partial charge in [-0.1, -0.05) is 12.1 Å². The van der Waals surface area contributed by atoms with Gasteiger partial charge in [-0.15, -0.1) is 0 Å². The van der Waals surface area contributed by atoms with Gasteiger partial charge in [0, 0.05) is 25.4 Å². The number of aromatic nitrogens is 2. The molecule has 3 heterocycles. The maximum absolute atomic E-state index is 13.6. The zero-order chi connectivity index (χ0) is 17.4. The average molecular weight is 344 g/mol. The van der Waals surface area contributed by atoms with Crippen LogP contribution in [0.2, 0.25) is 0 Å². The topological polar surface area (TPSA) is 87.3 Å². The Hall–Kier alpha value is -2.74. The number of carbonyl (C=O) groups excluding carboxylic acids is 1. The van der Waals surface area contributed by atoms with Crippen LogP contribution in [0.3, 0.4) is 0 Å². The molecule has 1 unspecified atom stereocenters. The SMILES string of the molecule is O=C1CC(c2cccc(F)c2)c2c(nc(N3CCOCC3)[nH]c2=O)N1. The van der Waals surface area contributed by atoms with Gasteiger partial charge in [0.05, 0.1) is 18.8 Å². The van der Waals surface area contributed by atoms with Crippen LogP contribution in [0.4, 0.5) is 16.2 Å². The molecule has 8 heteroatoms. The number of hydrogen-bond acceptors (Lipinski definition) is 5. The number of amides is 1. The number of carbonyl (C=O) groups is 1. The van der Waals surface area contributed by atoms with E-state index in [-0.39, 0.29) is 23.7 Å². The number of morpholine rings is 1. The van der Waals surface area contributed by atoms with Crippen molar-refractivity contribution in [2.75, 3.05) is 36.5 Å². The lowest BCUT2D eigenvalue weighted by Gasteiger charge is -2.29. The first kappa shape index (κ1) is 15.8. The van der Waals surface area contributed by atoms with Crippen molar-refractivity contribution >= 4 is 17.7 Å². The maximum Gasteiger partial charge on any atom is 0.258 e. The van der Waals surface area contributed by atoms with Crippen molar-refractivity contribution in [3.8, 4) is 0 Å². The lowest BCUT2D eigenvalue weighted by molar-refractivity contribution is -0.116. The van der Waals surface area contributed by atoms with E-state index in [4.69, 9.17) is 4.74 Å². The number of anilines is 2. The molecule has 1 aromatic heterocycles. The van der Waals surface area contributed by atoms with E-state index in [1.165, 1.54) is 12.1 Å². The number of halogens is 1. The summed E-state index contributed by atoms with van der Waals surface area (Å²) in [6.07, 6.45) is 0.0815. The van der Waals surface area contributed by atoms with Crippen LogP contribution in [-0.2, 0) is 9.53 Å². The van der Waals surface area contributed by atoms with E-state index in [1.807, 2.05) is 4.90 Å². The van der Waals surface area contributed by atoms with Gasteiger partial charge in [0.2, 0.25) is 11.9 Å². The molecule has 4 rings (SSSR count). The molecule has 2 N–H and O–H groups in total. The van der Waals surface area contributed by atoms with Crippen LogP contribution in [0.15, 0.2) is 29.1 Å². The van der Waals surface area contributed by atoms with Gasteiger partial charge in [0.15, 0.2) is 0 Å². The Morgan fingerprint density at radius 2 is 2.04 bits per heavy atom. The smallest absolute Gasteiger partial charge is 0.258 e. The van der Waals surface area contributed by atoms with Crippen LogP contribution in [0.1, 0.15) is 23.5 Å². The van der Waals surface area contributed by atoms with Gasteiger partial charge < -0.3 is 15.0 Å². The van der Waals surface area contributed by atoms with Crippen LogP contribution >= 0.6 is 0 Å². The number of nitrogens with zero attached hydrogens (tertiary/aromatic N) is 2. The third-order valence-electron chi connectivity index (χ3n) is 4.50. The normalized spacial score (nSPS) is 20.1. The number of hydrogen-bond donors (Lipinski definition) is 2. The number of fused-ring (bicyclic) bond motifs is 1. The summed E-state index contributed by atoms with van der Waals surface area (Å²) in [5.41, 5.74) is 0.630. The number of rotatable bonds is 2. The number of benzene rings is 1. The van der Waals surface area contributed by atoms with Crippen LogP contribution in [0.5, 0.6) is 0 Å². The molecule has 0 bridgehead atoms. The Morgan fingerprint density at radius 3 is 2.80 bits per heavy atom. The second-order valence-electron chi connectivity index (χ2n) is 6.11. The molecule has 25 heavy (non-hydrogen) atoms. The molecule has 2 aromatic rings. The van der Waals surface area contributed by atoms with Gasteiger partial charge in [-0.3, -0.25) is 14.6 Å². The minimum Gasteiger partial charge on any atom is -0.378 e. The monoisotopic (exact) mass is 344 g/mol. The average Bonchev–Trinajstić information content (AvgIpc) is 2.61. The van der Waals surface area contributed by atoms with Gasteiger partial charge in [0.25, 0.3) is 5.56 Å². The minimum absolute atomic E-state index is 0.0815. The fourth-order valence-electron chi connectivity index (χ4n) is 3.29. The molecular formula is C17H17FN4O3. The Balaban J connectivity index is 1.78. The number of ether oxygens (including phenoxy) is 1. The fourth-order valence-corrected chi connectivity index (χ4v) is 3.29. The summed E-state index contributed by atoms with van der Waals surface area (Å²) >= 11 is 0. The molecule has 0 radical (unpaired) electrons. The summed E-state index contributed by atoms with van der Waals surface area (Å²) in [5.74, 6) is -0.510. The summed E-state index contributed by atoms with van der Waals surface area (Å²) in [7, 11) is 0. The molecule has 0 aliphatic carbocycles. The summed E-state index contributed by atoms with van der Waals surface area (Å²) in [6.45, 7) is 2.34. The number of nitrogens with one attached hydrogen (secondary N) is 2. The van der Waals surface area contributed by atoms with Gasteiger partial charge >= 0.3 is 0 Å². The van der Waals surface area contributed by atoms with E-state index < -0.39 is 11.7 Å². The zero-order valence-corrected chi connectivity index (χ0v) is 13.4. The fraction of sp³-hybridized carbons (Fsp3) is 0.353. The van der Waals surface area contributed by atoms with Crippen LogP contribution in [-0.4, -0.2) is 42.2 Å². The molecule has 130 valence electrons. The van der Waals surface area contributed by atoms with Crippen LogP contribution in [0.25, 0.3) is 0 Å². The highest BCUT2D eigenvalue weighted by Gasteiger charge is 2.31. The van der Waals surface area contributed by atoms with Gasteiger partial charge in [-0.25, -0.2) is 4.39 Å². The van der Waals surface area contributed by atoms with Crippen molar-refractivity contribution in [2.45, 2.75) is 12.3 Å². The lowest BCUT2D eigenvalue weighted by atomic mass is 9.87. The molecule has 0 spiro atoms. The first-order chi connectivity index (χ1) is 12.1. The molecule has 1 fully saturated rings. The van der Waals surface area contributed by atoms with E-state index in [2.05, 4.69) is 15.3 Å².